The maximum Gasteiger partial charge on any atom is 0.145 e. The number of rotatable bonds is 6. The SMILES string of the molecule is CC(C)N1[OH+]N(c2[c-]c(Sc3[c-]c4c(cc3)c3ccccc3n4-c3cc(-c4ccccc4)ccn3)ccc2)c2ccccc21.[Pt]. The Morgan fingerprint density at radius 3 is 2.29 bits per heavy atom. The van der Waals surface area contributed by atoms with Crippen molar-refractivity contribution in [3.05, 3.63) is 140 Å². The van der Waals surface area contributed by atoms with Crippen molar-refractivity contribution in [1.82, 2.24) is 9.55 Å². The van der Waals surface area contributed by atoms with Gasteiger partial charge in [-0.3, -0.25) is 0 Å². The molecule has 0 bridgehead atoms. The zero-order chi connectivity index (χ0) is 29.6. The average Bonchev–Trinajstić information content (AvgIpc) is 3.62. The standard InChI is InChI=1S/C38H28N4OS.Pt/c1-26(2)41-35-17-8-9-18-36(35)42(43-41)29-13-10-14-30(24-29)44-31-19-20-33-32-15-6-7-16-34(32)40(37(33)25-31)38-23-28(21-22-39-38)27-11-4-3-5-12-27;/h3-23,26H,1-2H3;/q-2;/p+1. The van der Waals surface area contributed by atoms with Crippen LogP contribution in [0.5, 0.6) is 0 Å². The Balaban J connectivity index is 0.00000325. The minimum Gasteiger partial charge on any atom is -0.319 e. The molecule has 1 aliphatic rings. The summed E-state index contributed by atoms with van der Waals surface area (Å²) in [5, 5.41) is 6.37. The van der Waals surface area contributed by atoms with Gasteiger partial charge in [-0.1, -0.05) is 66.2 Å². The van der Waals surface area contributed by atoms with Gasteiger partial charge in [-0.15, -0.1) is 55.3 Å². The topological polar surface area (TPSA) is 37.1 Å². The Morgan fingerprint density at radius 2 is 1.44 bits per heavy atom. The molecule has 0 fully saturated rings. The van der Waals surface area contributed by atoms with E-state index in [9.17, 15) is 0 Å². The molecule has 7 aromatic rings. The first-order chi connectivity index (χ1) is 21.6. The van der Waals surface area contributed by atoms with Crippen LogP contribution in [0.25, 0.3) is 38.8 Å². The van der Waals surface area contributed by atoms with E-state index in [1.54, 1.807) is 11.8 Å². The number of hydrogen-bond donors (Lipinski definition) is 0. The van der Waals surface area contributed by atoms with E-state index >= 15 is 0 Å². The quantitative estimate of drug-likeness (QED) is 0.124. The van der Waals surface area contributed by atoms with Crippen LogP contribution in [-0.2, 0) is 21.1 Å². The van der Waals surface area contributed by atoms with Crippen molar-refractivity contribution in [3.63, 3.8) is 0 Å². The summed E-state index contributed by atoms with van der Waals surface area (Å²) in [7, 11) is 0. The Kier molecular flexibility index (Phi) is 7.97. The van der Waals surface area contributed by atoms with Crippen molar-refractivity contribution < 1.29 is 26.0 Å². The third kappa shape index (κ3) is 5.33. The van der Waals surface area contributed by atoms with Crippen LogP contribution in [0.3, 0.4) is 0 Å². The van der Waals surface area contributed by atoms with Crippen LogP contribution in [0, 0.1) is 12.1 Å². The molecule has 45 heavy (non-hydrogen) atoms. The predicted octanol–water partition coefficient (Wildman–Crippen LogP) is 9.80. The molecule has 7 heteroatoms. The fourth-order valence-electron chi connectivity index (χ4n) is 5.85. The first-order valence-electron chi connectivity index (χ1n) is 14.7. The zero-order valence-corrected chi connectivity index (χ0v) is 27.8. The molecule has 224 valence electrons. The molecule has 0 radical (unpaired) electrons. The van der Waals surface area contributed by atoms with Crippen LogP contribution in [0.2, 0.25) is 0 Å². The van der Waals surface area contributed by atoms with Gasteiger partial charge in [0.15, 0.2) is 0 Å². The van der Waals surface area contributed by atoms with Crippen molar-refractivity contribution in [1.29, 1.82) is 0 Å². The molecular formula is C38H29N4OPtS-. The van der Waals surface area contributed by atoms with E-state index in [0.717, 1.165) is 60.2 Å². The fourth-order valence-corrected chi connectivity index (χ4v) is 6.67. The van der Waals surface area contributed by atoms with E-state index in [2.05, 4.69) is 151 Å². The number of fused-ring (bicyclic) bond motifs is 4. The molecule has 0 atom stereocenters. The summed E-state index contributed by atoms with van der Waals surface area (Å²) < 4.78 is 2.22. The van der Waals surface area contributed by atoms with Crippen LogP contribution in [0.4, 0.5) is 17.1 Å². The summed E-state index contributed by atoms with van der Waals surface area (Å²) in [6.45, 7) is 4.30. The number of pyridine rings is 1. The van der Waals surface area contributed by atoms with Gasteiger partial charge in [0.25, 0.3) is 0 Å². The summed E-state index contributed by atoms with van der Waals surface area (Å²) >= 11 is 1.65. The van der Waals surface area contributed by atoms with Crippen LogP contribution >= 0.6 is 11.8 Å². The first kappa shape index (κ1) is 29.4. The van der Waals surface area contributed by atoms with Gasteiger partial charge in [0.05, 0.1) is 6.04 Å². The minimum absolute atomic E-state index is 0. The molecule has 0 amide bonds. The molecule has 0 unspecified atom stereocenters. The monoisotopic (exact) mass is 784 g/mol. The fraction of sp³-hybridized carbons (Fsp3) is 0.0789. The predicted molar refractivity (Wildman–Crippen MR) is 180 cm³/mol. The molecular weight excluding hydrogens is 756 g/mol. The zero-order valence-electron chi connectivity index (χ0n) is 24.7. The van der Waals surface area contributed by atoms with Crippen molar-refractivity contribution >= 4 is 50.6 Å². The smallest absolute Gasteiger partial charge is 0.145 e. The molecule has 1 N–H and O–H groups in total. The molecule has 0 saturated carbocycles. The third-order valence-electron chi connectivity index (χ3n) is 7.87. The number of hydroxylamine groups is 1. The first-order valence-corrected chi connectivity index (χ1v) is 15.5. The second-order valence-corrected chi connectivity index (χ2v) is 12.1. The van der Waals surface area contributed by atoms with E-state index in [4.69, 9.17) is 9.92 Å². The van der Waals surface area contributed by atoms with Crippen LogP contribution < -0.4 is 10.1 Å². The van der Waals surface area contributed by atoms with Gasteiger partial charge < -0.3 is 4.57 Å². The minimum atomic E-state index is 0. The molecule has 0 saturated heterocycles. The Hall–Kier alpha value is -4.35. The number of anilines is 3. The summed E-state index contributed by atoms with van der Waals surface area (Å²) in [5.41, 5.74) is 7.47. The van der Waals surface area contributed by atoms with E-state index in [-0.39, 0.29) is 27.1 Å². The van der Waals surface area contributed by atoms with Crippen molar-refractivity contribution in [2.75, 3.05) is 10.1 Å². The molecule has 5 aromatic carbocycles. The van der Waals surface area contributed by atoms with Crippen molar-refractivity contribution in [3.8, 4) is 16.9 Å². The van der Waals surface area contributed by atoms with Gasteiger partial charge in [-0.2, -0.15) is 29.2 Å². The Labute approximate surface area is 281 Å². The number of nitrogens with zero attached hydrogens (tertiary/aromatic N) is 4. The maximum atomic E-state index is 4.92. The number of para-hydroxylation sites is 3. The summed E-state index contributed by atoms with van der Waals surface area (Å²) in [6, 6.07) is 49.6. The number of benzene rings is 5. The third-order valence-corrected chi connectivity index (χ3v) is 8.79. The van der Waals surface area contributed by atoms with Gasteiger partial charge in [0.1, 0.15) is 17.2 Å². The molecule has 5 nitrogen and oxygen atoms in total. The van der Waals surface area contributed by atoms with E-state index in [0.29, 0.717) is 0 Å². The summed E-state index contributed by atoms with van der Waals surface area (Å²) in [4.78, 5) is 11.8. The Morgan fingerprint density at radius 1 is 0.689 bits per heavy atom. The Bertz CT molecular complexity index is 2150. The second-order valence-electron chi connectivity index (χ2n) is 11.0. The average molecular weight is 785 g/mol. The van der Waals surface area contributed by atoms with Crippen molar-refractivity contribution in [2.45, 2.75) is 29.7 Å². The van der Waals surface area contributed by atoms with Crippen LogP contribution in [-0.4, -0.2) is 20.5 Å². The number of hydrogen-bond acceptors (Lipinski definition) is 4. The molecule has 1 aliphatic heterocycles. The van der Waals surface area contributed by atoms with E-state index in [1.807, 2.05) is 17.3 Å². The normalized spacial score (nSPS) is 12.6. The molecule has 3 heterocycles. The molecule has 2 aromatic heterocycles. The second kappa shape index (κ2) is 12.2. The van der Waals surface area contributed by atoms with E-state index in [1.165, 1.54) is 5.39 Å². The van der Waals surface area contributed by atoms with Crippen LogP contribution in [0.15, 0.2) is 137 Å². The number of aromatic nitrogens is 2. The van der Waals surface area contributed by atoms with Gasteiger partial charge in [-0.25, -0.2) is 4.98 Å². The van der Waals surface area contributed by atoms with Crippen molar-refractivity contribution in [2.24, 2.45) is 0 Å². The van der Waals surface area contributed by atoms with Gasteiger partial charge in [0, 0.05) is 38.5 Å². The van der Waals surface area contributed by atoms with Gasteiger partial charge in [-0.05, 0) is 60.7 Å². The summed E-state index contributed by atoms with van der Waals surface area (Å²) in [5.74, 6) is 0.869. The maximum absolute atomic E-state index is 4.92. The molecule has 0 spiro atoms. The summed E-state index contributed by atoms with van der Waals surface area (Å²) in [6.07, 6.45) is 1.89. The van der Waals surface area contributed by atoms with Crippen LogP contribution in [0.1, 0.15) is 13.8 Å². The molecule has 8 rings (SSSR count). The van der Waals surface area contributed by atoms with Gasteiger partial charge >= 0.3 is 0 Å². The molecule has 0 aliphatic carbocycles. The van der Waals surface area contributed by atoms with E-state index < -0.39 is 0 Å². The largest absolute Gasteiger partial charge is 0.319 e. The van der Waals surface area contributed by atoms with Gasteiger partial charge in [0.2, 0.25) is 0 Å².